The van der Waals surface area contributed by atoms with Gasteiger partial charge in [-0.15, -0.1) is 0 Å². The SMILES string of the molecule is CC(C)(C)CC(C)(C)/C=C/[C@@H](O)[C@H](CO)C1=[N+]=C1. The number of hydrogen-bond acceptors (Lipinski definition) is 2. The fraction of sp³-hybridized carbons (Fsp3) is 0.733. The highest BCUT2D eigenvalue weighted by molar-refractivity contribution is 6.40. The topological polar surface area (TPSA) is 54.6 Å². The second-order valence-electron chi connectivity index (χ2n) is 7.05. The van der Waals surface area contributed by atoms with Crippen LogP contribution in [-0.4, -0.2) is 34.9 Å². The molecule has 18 heavy (non-hydrogen) atoms. The lowest BCUT2D eigenvalue weighted by atomic mass is 9.76. The third-order valence-electron chi connectivity index (χ3n) is 3.00. The minimum Gasteiger partial charge on any atom is -0.395 e. The molecule has 0 saturated heterocycles. The summed E-state index contributed by atoms with van der Waals surface area (Å²) in [7, 11) is 0. The number of rotatable bonds is 6. The van der Waals surface area contributed by atoms with Gasteiger partial charge in [-0.1, -0.05) is 51.4 Å². The Morgan fingerprint density at radius 1 is 1.28 bits per heavy atom. The van der Waals surface area contributed by atoms with Gasteiger partial charge in [0.2, 0.25) is 0 Å². The molecule has 0 aromatic rings. The van der Waals surface area contributed by atoms with Gasteiger partial charge < -0.3 is 10.2 Å². The Hall–Kier alpha value is -0.890. The molecule has 0 fully saturated rings. The average molecular weight is 252 g/mol. The first-order chi connectivity index (χ1) is 8.14. The molecule has 0 spiro atoms. The van der Waals surface area contributed by atoms with Crippen molar-refractivity contribution in [2.75, 3.05) is 6.61 Å². The van der Waals surface area contributed by atoms with Crippen LogP contribution in [0.2, 0.25) is 0 Å². The van der Waals surface area contributed by atoms with E-state index in [-0.39, 0.29) is 23.4 Å². The molecule has 2 N–H and O–H groups in total. The van der Waals surface area contributed by atoms with Crippen molar-refractivity contribution in [3.63, 3.8) is 0 Å². The van der Waals surface area contributed by atoms with E-state index in [2.05, 4.69) is 45.4 Å². The lowest BCUT2D eigenvalue weighted by molar-refractivity contribution is 0.137. The average Bonchev–Trinajstić information content (AvgIpc) is 2.96. The van der Waals surface area contributed by atoms with E-state index >= 15 is 0 Å². The maximum absolute atomic E-state index is 10.0. The number of hydrogen-bond donors (Lipinski definition) is 2. The summed E-state index contributed by atoms with van der Waals surface area (Å²) in [5.41, 5.74) is 1.10. The van der Waals surface area contributed by atoms with Crippen molar-refractivity contribution < 1.29 is 10.2 Å². The normalized spacial score (nSPS) is 18.9. The zero-order valence-corrected chi connectivity index (χ0v) is 12.1. The van der Waals surface area contributed by atoms with Crippen LogP contribution in [0.4, 0.5) is 0 Å². The molecule has 0 aliphatic carbocycles. The smallest absolute Gasteiger partial charge is 0.393 e. The van der Waals surface area contributed by atoms with Crippen molar-refractivity contribution in [3.8, 4) is 0 Å². The van der Waals surface area contributed by atoms with Crippen LogP contribution < -0.4 is 4.67 Å². The van der Waals surface area contributed by atoms with Crippen LogP contribution in [0.3, 0.4) is 0 Å². The summed E-state index contributed by atoms with van der Waals surface area (Å²) in [5.74, 6) is -0.272. The molecule has 1 aliphatic heterocycles. The lowest BCUT2D eigenvalue weighted by Crippen LogP contribution is -2.28. The van der Waals surface area contributed by atoms with Crippen LogP contribution in [0.25, 0.3) is 0 Å². The lowest BCUT2D eigenvalue weighted by Gasteiger charge is -2.30. The maximum Gasteiger partial charge on any atom is 0.393 e. The molecule has 0 radical (unpaired) electrons. The summed E-state index contributed by atoms with van der Waals surface area (Å²) in [6, 6.07) is 0. The molecule has 3 nitrogen and oxygen atoms in total. The Balaban J connectivity index is 2.58. The Kier molecular flexibility index (Phi) is 4.55. The molecule has 1 heterocycles. The van der Waals surface area contributed by atoms with Crippen molar-refractivity contribution in [2.24, 2.45) is 16.7 Å². The first kappa shape index (κ1) is 15.2. The highest BCUT2D eigenvalue weighted by Gasteiger charge is 2.38. The molecular weight excluding hydrogens is 226 g/mol. The molecule has 1 aliphatic rings. The van der Waals surface area contributed by atoms with Crippen LogP contribution in [0.5, 0.6) is 0 Å². The minimum absolute atomic E-state index is 0.0360. The summed E-state index contributed by atoms with van der Waals surface area (Å²) >= 11 is 0. The second kappa shape index (κ2) is 5.40. The van der Waals surface area contributed by atoms with E-state index in [1.54, 1.807) is 12.3 Å². The van der Waals surface area contributed by atoms with E-state index in [1.807, 2.05) is 0 Å². The van der Waals surface area contributed by atoms with Crippen LogP contribution in [0.15, 0.2) is 12.2 Å². The summed E-state index contributed by atoms with van der Waals surface area (Å²) < 4.78 is 3.94. The first-order valence-corrected chi connectivity index (χ1v) is 6.54. The van der Waals surface area contributed by atoms with E-state index in [9.17, 15) is 10.2 Å². The van der Waals surface area contributed by atoms with E-state index in [0.717, 1.165) is 12.1 Å². The summed E-state index contributed by atoms with van der Waals surface area (Å²) in [4.78, 5) is 0. The van der Waals surface area contributed by atoms with Gasteiger partial charge >= 0.3 is 11.9 Å². The molecule has 1 rings (SSSR count). The first-order valence-electron chi connectivity index (χ1n) is 6.54. The van der Waals surface area contributed by atoms with E-state index in [4.69, 9.17) is 0 Å². The van der Waals surface area contributed by atoms with E-state index < -0.39 is 6.10 Å². The van der Waals surface area contributed by atoms with Gasteiger partial charge in [0.25, 0.3) is 0 Å². The van der Waals surface area contributed by atoms with Gasteiger partial charge in [-0.3, -0.25) is 0 Å². The predicted molar refractivity (Wildman–Crippen MR) is 76.8 cm³/mol. The van der Waals surface area contributed by atoms with Gasteiger partial charge in [0.15, 0.2) is 0 Å². The Morgan fingerprint density at radius 3 is 2.22 bits per heavy atom. The Labute approximate surface area is 110 Å². The molecule has 0 aromatic heterocycles. The number of nitrogens with zero attached hydrogens (tertiary/aromatic N) is 1. The quantitative estimate of drug-likeness (QED) is 0.557. The highest BCUT2D eigenvalue weighted by Crippen LogP contribution is 2.34. The van der Waals surface area contributed by atoms with Gasteiger partial charge in [-0.25, -0.2) is 0 Å². The standard InChI is InChI=1S/C15H26NO2/c1-14(2,3)10-15(4,5)7-6-13(18)11(9-17)12-8-16-12/h6-8,11,13,17-18H,9-10H2,1-5H3/q+1/b7-6+/t11-,13-/m1/s1. The van der Waals surface area contributed by atoms with Crippen LogP contribution in [-0.2, 0) is 0 Å². The number of allylic oxidation sites excluding steroid dienone is 1. The molecule has 0 unspecified atom stereocenters. The largest absolute Gasteiger partial charge is 0.395 e. The number of aliphatic hydroxyl groups excluding tert-OH is 2. The van der Waals surface area contributed by atoms with E-state index in [0.29, 0.717) is 0 Å². The van der Waals surface area contributed by atoms with Gasteiger partial charge in [-0.05, 0) is 17.3 Å². The fourth-order valence-corrected chi connectivity index (χ4v) is 2.52. The molecule has 2 atom stereocenters. The molecule has 102 valence electrons. The van der Waals surface area contributed by atoms with Crippen LogP contribution >= 0.6 is 0 Å². The highest BCUT2D eigenvalue weighted by atomic mass is 16.3. The predicted octanol–water partition coefficient (Wildman–Crippen LogP) is 1.57. The Bertz CT molecular complexity index is 382. The minimum atomic E-state index is -0.660. The molecule has 0 saturated carbocycles. The molecule has 0 amide bonds. The zero-order chi connectivity index (χ0) is 14.0. The van der Waals surface area contributed by atoms with Crippen molar-refractivity contribution >= 4 is 11.9 Å². The maximum atomic E-state index is 10.0. The van der Waals surface area contributed by atoms with Crippen LogP contribution in [0.1, 0.15) is 41.0 Å². The summed E-state index contributed by atoms with van der Waals surface area (Å²) in [6.07, 6.45) is 5.92. The van der Waals surface area contributed by atoms with Gasteiger partial charge in [0, 0.05) is 0 Å². The number of aliphatic hydroxyl groups is 2. The third-order valence-corrected chi connectivity index (χ3v) is 3.00. The Morgan fingerprint density at radius 2 is 1.83 bits per heavy atom. The summed E-state index contributed by atoms with van der Waals surface area (Å²) in [5, 5.41) is 19.3. The van der Waals surface area contributed by atoms with Gasteiger partial charge in [0.05, 0.1) is 12.7 Å². The second-order valence-corrected chi connectivity index (χ2v) is 7.05. The molecule has 0 bridgehead atoms. The third kappa shape index (κ3) is 5.18. The summed E-state index contributed by atoms with van der Waals surface area (Å²) in [6.45, 7) is 10.9. The fourth-order valence-electron chi connectivity index (χ4n) is 2.52. The van der Waals surface area contributed by atoms with Gasteiger partial charge in [-0.2, -0.15) is 0 Å². The van der Waals surface area contributed by atoms with Crippen molar-refractivity contribution in [3.05, 3.63) is 12.2 Å². The van der Waals surface area contributed by atoms with E-state index in [1.165, 1.54) is 0 Å². The van der Waals surface area contributed by atoms with Crippen molar-refractivity contribution in [2.45, 2.75) is 47.1 Å². The molecule has 0 aromatic carbocycles. The molecular formula is C15H26NO2+. The van der Waals surface area contributed by atoms with Crippen molar-refractivity contribution in [1.29, 1.82) is 0 Å². The zero-order valence-electron chi connectivity index (χ0n) is 12.1. The van der Waals surface area contributed by atoms with Crippen molar-refractivity contribution in [1.82, 2.24) is 4.67 Å². The van der Waals surface area contributed by atoms with Gasteiger partial charge in [0.1, 0.15) is 5.92 Å². The molecule has 3 heteroatoms. The monoisotopic (exact) mass is 252 g/mol. The van der Waals surface area contributed by atoms with Crippen LogP contribution in [0, 0.1) is 16.7 Å².